The molecule has 1 aliphatic heterocycles. The van der Waals surface area contributed by atoms with Crippen molar-refractivity contribution >= 4 is 5.78 Å². The number of nitrogens with zero attached hydrogens (tertiary/aromatic N) is 2. The van der Waals surface area contributed by atoms with Crippen molar-refractivity contribution in [1.82, 2.24) is 9.78 Å². The molecule has 2 heterocycles. The molecule has 1 aromatic heterocycles. The number of Topliss-reactive ketones (excluding diaryl/α,β-unsaturated/α-hetero) is 1. The molecule has 2 aromatic rings. The topological polar surface area (TPSA) is 44.1 Å². The number of carbonyl (C=O) groups is 1. The summed E-state index contributed by atoms with van der Waals surface area (Å²) in [6, 6.07) is 6.45. The van der Waals surface area contributed by atoms with Gasteiger partial charge in [-0.05, 0) is 30.4 Å². The van der Waals surface area contributed by atoms with Crippen LogP contribution in [0.4, 0.5) is 0 Å². The lowest BCUT2D eigenvalue weighted by atomic mass is 9.99. The second-order valence-electron chi connectivity index (χ2n) is 5.81. The first-order valence-electron chi connectivity index (χ1n) is 7.60. The zero-order valence-corrected chi connectivity index (χ0v) is 11.9. The van der Waals surface area contributed by atoms with Crippen LogP contribution in [0.5, 0.6) is 0 Å². The maximum absolute atomic E-state index is 11.9. The molecule has 0 radical (unpaired) electrons. The number of carbonyl (C=O) groups excluding carboxylic acids is 1. The second kappa shape index (κ2) is 5.11. The summed E-state index contributed by atoms with van der Waals surface area (Å²) < 4.78 is 7.47. The third-order valence-electron chi connectivity index (χ3n) is 4.56. The van der Waals surface area contributed by atoms with E-state index in [1.165, 1.54) is 5.56 Å². The van der Waals surface area contributed by atoms with E-state index in [2.05, 4.69) is 22.0 Å². The van der Waals surface area contributed by atoms with Gasteiger partial charge >= 0.3 is 0 Å². The summed E-state index contributed by atoms with van der Waals surface area (Å²) in [7, 11) is 0. The molecule has 1 saturated heterocycles. The average Bonchev–Trinajstić information content (AvgIpc) is 3.16. The van der Waals surface area contributed by atoms with Crippen LogP contribution in [0.3, 0.4) is 0 Å². The van der Waals surface area contributed by atoms with E-state index in [-0.39, 0.29) is 5.78 Å². The molecule has 0 amide bonds. The normalized spacial score (nSPS) is 19.0. The van der Waals surface area contributed by atoms with Gasteiger partial charge in [-0.25, -0.2) is 0 Å². The van der Waals surface area contributed by atoms with Crippen molar-refractivity contribution in [3.05, 3.63) is 41.7 Å². The first-order valence-corrected chi connectivity index (χ1v) is 7.60. The maximum atomic E-state index is 11.9. The highest BCUT2D eigenvalue weighted by molar-refractivity contribution is 6.02. The molecule has 1 aromatic carbocycles. The van der Waals surface area contributed by atoms with E-state index in [0.717, 1.165) is 49.2 Å². The lowest BCUT2D eigenvalue weighted by Crippen LogP contribution is -2.19. The van der Waals surface area contributed by atoms with Crippen molar-refractivity contribution in [2.45, 2.75) is 31.7 Å². The van der Waals surface area contributed by atoms with Gasteiger partial charge in [0.05, 0.1) is 12.2 Å². The minimum Gasteiger partial charge on any atom is -0.381 e. The molecule has 4 heteroatoms. The predicted molar refractivity (Wildman–Crippen MR) is 79.4 cm³/mol. The summed E-state index contributed by atoms with van der Waals surface area (Å²) in [6.07, 6.45) is 7.58. The molecule has 0 bridgehead atoms. The Morgan fingerprint density at radius 2 is 1.95 bits per heavy atom. The fourth-order valence-corrected chi connectivity index (χ4v) is 3.39. The first-order chi connectivity index (χ1) is 10.3. The number of hydrogen-bond donors (Lipinski definition) is 0. The number of fused-ring (bicyclic) bond motifs is 1. The zero-order chi connectivity index (χ0) is 14.2. The highest BCUT2D eigenvalue weighted by Gasteiger charge is 2.23. The van der Waals surface area contributed by atoms with Crippen LogP contribution in [0.2, 0.25) is 0 Å². The van der Waals surface area contributed by atoms with Gasteiger partial charge in [-0.1, -0.05) is 18.2 Å². The van der Waals surface area contributed by atoms with Gasteiger partial charge in [0.1, 0.15) is 0 Å². The monoisotopic (exact) mass is 282 g/mol. The van der Waals surface area contributed by atoms with Crippen LogP contribution < -0.4 is 0 Å². The first kappa shape index (κ1) is 12.8. The van der Waals surface area contributed by atoms with Crippen molar-refractivity contribution in [3.8, 4) is 11.1 Å². The number of ketones is 1. The Kier molecular flexibility index (Phi) is 3.11. The highest BCUT2D eigenvalue weighted by Crippen LogP contribution is 2.33. The molecular formula is C17H18N2O2. The van der Waals surface area contributed by atoms with Crippen molar-refractivity contribution in [2.24, 2.45) is 0 Å². The van der Waals surface area contributed by atoms with E-state index in [1.807, 2.05) is 18.3 Å². The number of ether oxygens (including phenoxy) is 1. The van der Waals surface area contributed by atoms with Crippen LogP contribution in [0, 0.1) is 0 Å². The van der Waals surface area contributed by atoms with Crippen LogP contribution in [-0.2, 0) is 11.2 Å². The van der Waals surface area contributed by atoms with Crippen molar-refractivity contribution in [1.29, 1.82) is 0 Å². The minimum atomic E-state index is 0.267. The average molecular weight is 282 g/mol. The fourth-order valence-electron chi connectivity index (χ4n) is 3.39. The van der Waals surface area contributed by atoms with Gasteiger partial charge in [0.2, 0.25) is 0 Å². The van der Waals surface area contributed by atoms with E-state index < -0.39 is 0 Å². The lowest BCUT2D eigenvalue weighted by molar-refractivity contribution is 0.0662. The molecule has 4 rings (SSSR count). The van der Waals surface area contributed by atoms with Crippen molar-refractivity contribution in [3.63, 3.8) is 0 Å². The van der Waals surface area contributed by atoms with E-state index in [1.54, 1.807) is 0 Å². The molecule has 1 aliphatic carbocycles. The van der Waals surface area contributed by atoms with Crippen molar-refractivity contribution < 1.29 is 9.53 Å². The third-order valence-corrected chi connectivity index (χ3v) is 4.56. The molecule has 0 saturated carbocycles. The summed E-state index contributed by atoms with van der Waals surface area (Å²) in [6.45, 7) is 1.63. The number of hydrogen-bond acceptors (Lipinski definition) is 3. The van der Waals surface area contributed by atoms with Crippen LogP contribution in [0.25, 0.3) is 11.1 Å². The SMILES string of the molecule is O=C1CCc2c1cccc2-c1cnn(C2CCOCC2)c1. The van der Waals surface area contributed by atoms with E-state index in [4.69, 9.17) is 4.74 Å². The second-order valence-corrected chi connectivity index (χ2v) is 5.81. The molecular weight excluding hydrogens is 264 g/mol. The summed E-state index contributed by atoms with van der Waals surface area (Å²) in [5.41, 5.74) is 4.37. The van der Waals surface area contributed by atoms with E-state index in [0.29, 0.717) is 12.5 Å². The molecule has 0 atom stereocenters. The molecule has 0 spiro atoms. The highest BCUT2D eigenvalue weighted by atomic mass is 16.5. The summed E-state index contributed by atoms with van der Waals surface area (Å²) in [5, 5.41) is 4.54. The van der Waals surface area contributed by atoms with E-state index in [9.17, 15) is 4.79 Å². The Bertz CT molecular complexity index is 684. The van der Waals surface area contributed by atoms with Gasteiger partial charge < -0.3 is 4.74 Å². The van der Waals surface area contributed by atoms with Crippen LogP contribution in [0.1, 0.15) is 41.2 Å². The molecule has 0 N–H and O–H groups in total. The van der Waals surface area contributed by atoms with Gasteiger partial charge in [0.25, 0.3) is 0 Å². The number of aromatic nitrogens is 2. The quantitative estimate of drug-likeness (QED) is 0.850. The Labute approximate surface area is 123 Å². The summed E-state index contributed by atoms with van der Waals surface area (Å²) in [4.78, 5) is 11.9. The molecule has 4 nitrogen and oxygen atoms in total. The summed E-state index contributed by atoms with van der Waals surface area (Å²) in [5.74, 6) is 0.267. The van der Waals surface area contributed by atoms with Crippen LogP contribution in [0.15, 0.2) is 30.6 Å². The third kappa shape index (κ3) is 2.20. The summed E-state index contributed by atoms with van der Waals surface area (Å²) >= 11 is 0. The standard InChI is InChI=1S/C17H18N2O2/c20-17-5-4-15-14(2-1-3-16(15)17)12-10-18-19(11-12)13-6-8-21-9-7-13/h1-3,10-11,13H,4-9H2. The van der Waals surface area contributed by atoms with Crippen LogP contribution in [-0.4, -0.2) is 28.8 Å². The van der Waals surface area contributed by atoms with Gasteiger partial charge in [-0.3, -0.25) is 9.48 Å². The Hall–Kier alpha value is -1.94. The fraction of sp³-hybridized carbons (Fsp3) is 0.412. The minimum absolute atomic E-state index is 0.267. The van der Waals surface area contributed by atoms with Crippen LogP contribution >= 0.6 is 0 Å². The molecule has 108 valence electrons. The molecule has 1 fully saturated rings. The van der Waals surface area contributed by atoms with E-state index >= 15 is 0 Å². The Morgan fingerprint density at radius 3 is 2.81 bits per heavy atom. The maximum Gasteiger partial charge on any atom is 0.163 e. The zero-order valence-electron chi connectivity index (χ0n) is 11.9. The lowest BCUT2D eigenvalue weighted by Gasteiger charge is -2.22. The smallest absolute Gasteiger partial charge is 0.163 e. The largest absolute Gasteiger partial charge is 0.381 e. The molecule has 21 heavy (non-hydrogen) atoms. The molecule has 2 aliphatic rings. The number of benzene rings is 1. The Balaban J connectivity index is 1.69. The molecule has 0 unspecified atom stereocenters. The Morgan fingerprint density at radius 1 is 1.14 bits per heavy atom. The van der Waals surface area contributed by atoms with Gasteiger partial charge in [-0.15, -0.1) is 0 Å². The van der Waals surface area contributed by atoms with Gasteiger partial charge in [-0.2, -0.15) is 5.10 Å². The predicted octanol–water partition coefficient (Wildman–Crippen LogP) is 3.03. The van der Waals surface area contributed by atoms with Gasteiger partial charge in [0, 0.05) is 37.0 Å². The van der Waals surface area contributed by atoms with Crippen molar-refractivity contribution in [2.75, 3.05) is 13.2 Å². The number of rotatable bonds is 2. The van der Waals surface area contributed by atoms with Gasteiger partial charge in [0.15, 0.2) is 5.78 Å².